The van der Waals surface area contributed by atoms with Gasteiger partial charge in [0.05, 0.1) is 16.5 Å². The number of carbonyl (C=O) groups excluding carboxylic acids is 2. The Kier molecular flexibility index (Phi) is 10.0. The van der Waals surface area contributed by atoms with Crippen molar-refractivity contribution in [3.63, 3.8) is 0 Å². The van der Waals surface area contributed by atoms with Crippen LogP contribution in [-0.4, -0.2) is 28.8 Å². The van der Waals surface area contributed by atoms with E-state index in [0.29, 0.717) is 27.1 Å². The molecule has 0 heterocycles. The molecule has 0 aromatic heterocycles. The Balaban J connectivity index is 2.00. The maximum Gasteiger partial charge on any atom is 0.243 e. The van der Waals surface area contributed by atoms with Crippen molar-refractivity contribution in [1.82, 2.24) is 10.2 Å². The number of nitrogens with one attached hydrogen (secondary N) is 1. The minimum Gasteiger partial charge on any atom is -0.352 e. The van der Waals surface area contributed by atoms with Gasteiger partial charge in [-0.15, -0.1) is 0 Å². The number of rotatable bonds is 10. The first-order chi connectivity index (χ1) is 16.8. The molecule has 2 atom stereocenters. The smallest absolute Gasteiger partial charge is 0.243 e. The van der Waals surface area contributed by atoms with E-state index in [1.54, 1.807) is 23.1 Å². The molecule has 3 aromatic carbocycles. The standard InChI is InChI=1S/C28H29Cl3N2O2/c1-3-19(2)32-28(35)26(16-20-9-5-4-6-10-20)33(18-21-13-14-24(30)25(31)15-21)27(34)17-22-11-7-8-12-23(22)29/h4-15,19,26H,3,16-18H2,1-2H3,(H,32,35)/t19-,26-/m0/s1. The van der Waals surface area contributed by atoms with Crippen LogP contribution in [0.1, 0.15) is 37.0 Å². The van der Waals surface area contributed by atoms with Crippen LogP contribution in [0.5, 0.6) is 0 Å². The van der Waals surface area contributed by atoms with Gasteiger partial charge < -0.3 is 10.2 Å². The third kappa shape index (κ3) is 7.73. The lowest BCUT2D eigenvalue weighted by molar-refractivity contribution is -0.141. The average Bonchev–Trinajstić information content (AvgIpc) is 2.85. The first-order valence-corrected chi connectivity index (χ1v) is 12.7. The molecular formula is C28H29Cl3N2O2. The lowest BCUT2D eigenvalue weighted by Gasteiger charge is -2.32. The van der Waals surface area contributed by atoms with E-state index in [0.717, 1.165) is 17.5 Å². The van der Waals surface area contributed by atoms with E-state index < -0.39 is 6.04 Å². The summed E-state index contributed by atoms with van der Waals surface area (Å²) in [6.07, 6.45) is 1.23. The summed E-state index contributed by atoms with van der Waals surface area (Å²) < 4.78 is 0. The number of amides is 2. The van der Waals surface area contributed by atoms with Crippen molar-refractivity contribution in [2.24, 2.45) is 0 Å². The van der Waals surface area contributed by atoms with Crippen LogP contribution in [0.15, 0.2) is 72.8 Å². The van der Waals surface area contributed by atoms with E-state index in [-0.39, 0.29) is 30.8 Å². The molecule has 3 aromatic rings. The van der Waals surface area contributed by atoms with E-state index in [4.69, 9.17) is 34.8 Å². The Labute approximate surface area is 222 Å². The summed E-state index contributed by atoms with van der Waals surface area (Å²) in [6, 6.07) is 21.4. The van der Waals surface area contributed by atoms with Crippen LogP contribution < -0.4 is 5.32 Å². The molecule has 1 N–H and O–H groups in total. The Bertz CT molecular complexity index is 1150. The van der Waals surface area contributed by atoms with Crippen molar-refractivity contribution >= 4 is 46.6 Å². The molecule has 184 valence electrons. The van der Waals surface area contributed by atoms with Gasteiger partial charge in [0.1, 0.15) is 6.04 Å². The van der Waals surface area contributed by atoms with E-state index in [2.05, 4.69) is 5.32 Å². The number of benzene rings is 3. The molecule has 0 saturated heterocycles. The summed E-state index contributed by atoms with van der Waals surface area (Å²) in [5.41, 5.74) is 2.45. The van der Waals surface area contributed by atoms with Gasteiger partial charge in [0, 0.05) is 24.0 Å². The average molecular weight is 532 g/mol. The van der Waals surface area contributed by atoms with Crippen LogP contribution >= 0.6 is 34.8 Å². The second-order valence-electron chi connectivity index (χ2n) is 8.56. The summed E-state index contributed by atoms with van der Waals surface area (Å²) in [5, 5.41) is 4.40. The normalized spacial score (nSPS) is 12.6. The highest BCUT2D eigenvalue weighted by Crippen LogP contribution is 2.25. The maximum absolute atomic E-state index is 13.7. The monoisotopic (exact) mass is 530 g/mol. The summed E-state index contributed by atoms with van der Waals surface area (Å²) in [7, 11) is 0. The van der Waals surface area contributed by atoms with Crippen LogP contribution in [0.2, 0.25) is 15.1 Å². The predicted molar refractivity (Wildman–Crippen MR) is 144 cm³/mol. The van der Waals surface area contributed by atoms with Crippen LogP contribution in [0.4, 0.5) is 0 Å². The Morgan fingerprint density at radius 2 is 1.54 bits per heavy atom. The molecule has 0 aliphatic rings. The summed E-state index contributed by atoms with van der Waals surface area (Å²) >= 11 is 18.7. The van der Waals surface area contributed by atoms with E-state index in [1.165, 1.54) is 0 Å². The van der Waals surface area contributed by atoms with Gasteiger partial charge in [-0.05, 0) is 48.2 Å². The molecule has 0 bridgehead atoms. The first-order valence-electron chi connectivity index (χ1n) is 11.6. The molecule has 0 aliphatic carbocycles. The fourth-order valence-electron chi connectivity index (χ4n) is 3.74. The molecule has 7 heteroatoms. The molecule has 0 aliphatic heterocycles. The fraction of sp³-hybridized carbons (Fsp3) is 0.286. The largest absolute Gasteiger partial charge is 0.352 e. The highest BCUT2D eigenvalue weighted by Gasteiger charge is 2.31. The maximum atomic E-state index is 13.7. The summed E-state index contributed by atoms with van der Waals surface area (Å²) in [5.74, 6) is -0.403. The van der Waals surface area contributed by atoms with Gasteiger partial charge >= 0.3 is 0 Å². The van der Waals surface area contributed by atoms with E-state index in [1.807, 2.05) is 68.4 Å². The molecule has 0 fully saturated rings. The molecule has 0 spiro atoms. The quantitative estimate of drug-likeness (QED) is 0.315. The van der Waals surface area contributed by atoms with Crippen molar-refractivity contribution < 1.29 is 9.59 Å². The molecule has 4 nitrogen and oxygen atoms in total. The van der Waals surface area contributed by atoms with Gasteiger partial charge in [0.2, 0.25) is 11.8 Å². The highest BCUT2D eigenvalue weighted by molar-refractivity contribution is 6.42. The molecule has 0 unspecified atom stereocenters. The van der Waals surface area contributed by atoms with Gasteiger partial charge in [-0.3, -0.25) is 9.59 Å². The third-order valence-electron chi connectivity index (χ3n) is 5.91. The number of hydrogen-bond donors (Lipinski definition) is 1. The molecular weight excluding hydrogens is 503 g/mol. The Hall–Kier alpha value is -2.53. The Morgan fingerprint density at radius 1 is 0.857 bits per heavy atom. The zero-order valence-corrected chi connectivity index (χ0v) is 22.1. The van der Waals surface area contributed by atoms with Crippen molar-refractivity contribution in [3.8, 4) is 0 Å². The van der Waals surface area contributed by atoms with Crippen LogP contribution in [0, 0.1) is 0 Å². The van der Waals surface area contributed by atoms with Gasteiger partial charge in [-0.2, -0.15) is 0 Å². The highest BCUT2D eigenvalue weighted by atomic mass is 35.5. The molecule has 35 heavy (non-hydrogen) atoms. The van der Waals surface area contributed by atoms with Crippen molar-refractivity contribution in [2.45, 2.75) is 51.7 Å². The minimum atomic E-state index is -0.726. The number of nitrogens with zero attached hydrogens (tertiary/aromatic N) is 1. The van der Waals surface area contributed by atoms with Crippen LogP contribution in [0.3, 0.4) is 0 Å². The lowest BCUT2D eigenvalue weighted by Crippen LogP contribution is -2.52. The van der Waals surface area contributed by atoms with Crippen LogP contribution in [-0.2, 0) is 29.0 Å². The number of hydrogen-bond acceptors (Lipinski definition) is 2. The second-order valence-corrected chi connectivity index (χ2v) is 9.78. The van der Waals surface area contributed by atoms with Crippen LogP contribution in [0.25, 0.3) is 0 Å². The van der Waals surface area contributed by atoms with E-state index >= 15 is 0 Å². The topological polar surface area (TPSA) is 49.4 Å². The number of halogens is 3. The predicted octanol–water partition coefficient (Wildman–Crippen LogP) is 6.74. The second kappa shape index (κ2) is 13.0. The molecule has 0 saturated carbocycles. The summed E-state index contributed by atoms with van der Waals surface area (Å²) in [6.45, 7) is 4.16. The summed E-state index contributed by atoms with van der Waals surface area (Å²) in [4.78, 5) is 28.9. The van der Waals surface area contributed by atoms with Crippen molar-refractivity contribution in [2.75, 3.05) is 0 Å². The molecule has 3 rings (SSSR count). The van der Waals surface area contributed by atoms with E-state index in [9.17, 15) is 9.59 Å². The van der Waals surface area contributed by atoms with Crippen molar-refractivity contribution in [3.05, 3.63) is 105 Å². The Morgan fingerprint density at radius 3 is 2.20 bits per heavy atom. The first kappa shape index (κ1) is 27.1. The van der Waals surface area contributed by atoms with Crippen molar-refractivity contribution in [1.29, 1.82) is 0 Å². The fourth-order valence-corrected chi connectivity index (χ4v) is 4.26. The minimum absolute atomic E-state index is 0.0220. The van der Waals surface area contributed by atoms with Gasteiger partial charge in [0.15, 0.2) is 0 Å². The third-order valence-corrected chi connectivity index (χ3v) is 7.02. The van der Waals surface area contributed by atoms with Gasteiger partial charge in [-0.1, -0.05) is 96.3 Å². The zero-order chi connectivity index (χ0) is 25.4. The number of carbonyl (C=O) groups is 2. The lowest BCUT2D eigenvalue weighted by atomic mass is 10.0. The van der Waals surface area contributed by atoms with Gasteiger partial charge in [-0.25, -0.2) is 0 Å². The zero-order valence-electron chi connectivity index (χ0n) is 19.8. The SMILES string of the molecule is CC[C@H](C)NC(=O)[C@H](Cc1ccccc1)N(Cc1ccc(Cl)c(Cl)c1)C(=O)Cc1ccccc1Cl. The van der Waals surface area contributed by atoms with Gasteiger partial charge in [0.25, 0.3) is 0 Å². The molecule has 0 radical (unpaired) electrons. The molecule has 2 amide bonds.